The normalized spacial score (nSPS) is 9.57. The Balaban J connectivity index is 0. The van der Waals surface area contributed by atoms with Crippen molar-refractivity contribution in [3.8, 4) is 0 Å². The van der Waals surface area contributed by atoms with E-state index in [0.717, 1.165) is 0 Å². The van der Waals surface area contributed by atoms with Crippen molar-refractivity contribution in [3.63, 3.8) is 0 Å². The molecule has 39 valence electrons. The number of aliphatic imine (C=N–C) groups is 1. The Hall–Kier alpha value is 0.244. The zero-order valence-corrected chi connectivity index (χ0v) is 7.15. The molecule has 0 aromatic heterocycles. The summed E-state index contributed by atoms with van der Waals surface area (Å²) in [5.74, 6) is 0.356. The minimum Gasteiger partial charge on any atom is -0.447 e. The monoisotopic (exact) mass is 175 g/mol. The zero-order valence-electron chi connectivity index (χ0n) is 4.31. The van der Waals surface area contributed by atoms with Crippen LogP contribution in [0.4, 0.5) is 0 Å². The van der Waals surface area contributed by atoms with E-state index >= 15 is 0 Å². The first-order valence-corrected chi connectivity index (χ1v) is 1.58. The molecule has 7 heavy (non-hydrogen) atoms. The summed E-state index contributed by atoms with van der Waals surface area (Å²) >= 11 is 0. The number of nitrogens with zero attached hydrogens (tertiary/aromatic N) is 1. The maximum absolute atomic E-state index is 5.05. The van der Waals surface area contributed by atoms with Gasteiger partial charge in [-0.2, -0.15) is 7.05 Å². The maximum atomic E-state index is 5.05. The molecule has 0 saturated heterocycles. The number of hydrogen-bond donors (Lipinski definition) is 2. The number of nitrogens with one attached hydrogen (secondary N) is 1. The summed E-state index contributed by atoms with van der Waals surface area (Å²) in [7, 11) is 4.84. The summed E-state index contributed by atoms with van der Waals surface area (Å²) in [6.45, 7) is 0. The second kappa shape index (κ2) is 6.24. The Morgan fingerprint density at radius 2 is 2.29 bits per heavy atom. The number of hydrogen-bond acceptors (Lipinski definition) is 1. The van der Waals surface area contributed by atoms with E-state index in [2.05, 4.69) is 17.4 Å². The van der Waals surface area contributed by atoms with Gasteiger partial charge in [-0.1, -0.05) is 0 Å². The van der Waals surface area contributed by atoms with Gasteiger partial charge in [0.15, 0.2) is 0 Å². The molecule has 0 unspecified atom stereocenters. The molecule has 0 fully saturated rings. The van der Waals surface area contributed by atoms with Crippen molar-refractivity contribution in [1.82, 2.24) is 5.32 Å². The van der Waals surface area contributed by atoms with Crippen molar-refractivity contribution in [2.75, 3.05) is 7.05 Å². The SMILES string of the molecule is [CH2-]N=C(N)NC.[Y]. The van der Waals surface area contributed by atoms with Crippen molar-refractivity contribution in [2.24, 2.45) is 10.7 Å². The van der Waals surface area contributed by atoms with Crippen LogP contribution in [-0.4, -0.2) is 13.0 Å². The minimum absolute atomic E-state index is 0. The fourth-order valence-electron chi connectivity index (χ4n) is 0.0791. The molecule has 0 heterocycles. The van der Waals surface area contributed by atoms with Gasteiger partial charge in [0.25, 0.3) is 0 Å². The molecule has 0 aliphatic heterocycles. The molecule has 0 spiro atoms. The molecular weight excluding hydrogens is 167 g/mol. The third-order valence-electron chi connectivity index (χ3n) is 0.426. The van der Waals surface area contributed by atoms with Gasteiger partial charge in [-0.3, -0.25) is 0 Å². The van der Waals surface area contributed by atoms with E-state index in [9.17, 15) is 0 Å². The molecule has 0 atom stereocenters. The zero-order chi connectivity index (χ0) is 4.99. The van der Waals surface area contributed by atoms with E-state index in [1.165, 1.54) is 0 Å². The van der Waals surface area contributed by atoms with Gasteiger partial charge in [-0.15, -0.1) is 0 Å². The first kappa shape index (κ1) is 10.3. The number of guanidine groups is 1. The summed E-state index contributed by atoms with van der Waals surface area (Å²) in [6.07, 6.45) is 0. The Bertz CT molecular complexity index is 61.2. The van der Waals surface area contributed by atoms with Crippen molar-refractivity contribution in [1.29, 1.82) is 0 Å². The van der Waals surface area contributed by atoms with Crippen molar-refractivity contribution < 1.29 is 32.7 Å². The summed E-state index contributed by atoms with van der Waals surface area (Å²) in [5.41, 5.74) is 5.05. The Morgan fingerprint density at radius 3 is 2.29 bits per heavy atom. The maximum Gasteiger partial charge on any atom is 0.0343 e. The molecule has 0 bridgehead atoms. The van der Waals surface area contributed by atoms with Gasteiger partial charge in [0.2, 0.25) is 0 Å². The second-order valence-corrected chi connectivity index (χ2v) is 0.793. The molecule has 3 nitrogen and oxygen atoms in total. The van der Waals surface area contributed by atoms with Gasteiger partial charge in [0.1, 0.15) is 0 Å². The first-order chi connectivity index (χ1) is 2.81. The van der Waals surface area contributed by atoms with E-state index in [1.807, 2.05) is 0 Å². The fourth-order valence-corrected chi connectivity index (χ4v) is 0.0791. The topological polar surface area (TPSA) is 50.4 Å². The molecule has 0 aliphatic carbocycles. The van der Waals surface area contributed by atoms with Crippen LogP contribution >= 0.6 is 0 Å². The van der Waals surface area contributed by atoms with Crippen molar-refractivity contribution >= 4 is 5.96 Å². The molecule has 1 radical (unpaired) electrons. The quantitative estimate of drug-likeness (QED) is 0.291. The first-order valence-electron chi connectivity index (χ1n) is 1.58. The average molecular weight is 175 g/mol. The number of rotatable bonds is 0. The van der Waals surface area contributed by atoms with Gasteiger partial charge >= 0.3 is 0 Å². The Morgan fingerprint density at radius 1 is 1.86 bits per heavy atom. The van der Waals surface area contributed by atoms with Gasteiger partial charge in [0.05, 0.1) is 0 Å². The van der Waals surface area contributed by atoms with E-state index in [-0.39, 0.29) is 32.7 Å². The molecular formula is C3H8N3Y-. The molecule has 0 rings (SSSR count). The predicted molar refractivity (Wildman–Crippen MR) is 26.0 cm³/mol. The molecule has 0 aliphatic rings. The molecule has 0 aromatic carbocycles. The third kappa shape index (κ3) is 6.24. The van der Waals surface area contributed by atoms with Crippen molar-refractivity contribution in [3.05, 3.63) is 7.05 Å². The van der Waals surface area contributed by atoms with E-state index in [4.69, 9.17) is 5.73 Å². The van der Waals surface area contributed by atoms with E-state index in [1.54, 1.807) is 7.05 Å². The standard InChI is InChI=1S/C3H8N3.Y/c1-5-3(4)6-2;/h1H2,2H3,(H3,4,5,6);/q-1;. The summed E-state index contributed by atoms with van der Waals surface area (Å²) < 4.78 is 0. The van der Waals surface area contributed by atoms with Gasteiger partial charge in [0, 0.05) is 38.7 Å². The molecule has 0 saturated carbocycles. The van der Waals surface area contributed by atoms with Crippen LogP contribution in [0.25, 0.3) is 0 Å². The fraction of sp³-hybridized carbons (Fsp3) is 0.333. The predicted octanol–water partition coefficient (Wildman–Crippen LogP) is -0.690. The summed E-state index contributed by atoms with van der Waals surface area (Å²) in [5, 5.41) is 2.58. The van der Waals surface area contributed by atoms with Crippen LogP contribution in [0.5, 0.6) is 0 Å². The third-order valence-corrected chi connectivity index (χ3v) is 0.426. The second-order valence-electron chi connectivity index (χ2n) is 0.793. The Labute approximate surface area is 68.6 Å². The van der Waals surface area contributed by atoms with Crippen LogP contribution in [0, 0.1) is 7.05 Å². The average Bonchev–Trinajstić information content (AvgIpc) is 1.65. The molecule has 4 heteroatoms. The molecule has 0 aromatic rings. The van der Waals surface area contributed by atoms with E-state index < -0.39 is 0 Å². The smallest absolute Gasteiger partial charge is 0.0343 e. The minimum atomic E-state index is 0. The van der Waals surface area contributed by atoms with Gasteiger partial charge in [-0.25, -0.2) is 0 Å². The summed E-state index contributed by atoms with van der Waals surface area (Å²) in [6, 6.07) is 0. The van der Waals surface area contributed by atoms with Gasteiger partial charge < -0.3 is 16.0 Å². The van der Waals surface area contributed by atoms with Crippen LogP contribution in [0.15, 0.2) is 4.99 Å². The molecule has 3 N–H and O–H groups in total. The summed E-state index contributed by atoms with van der Waals surface area (Å²) in [4.78, 5) is 3.34. The largest absolute Gasteiger partial charge is 0.447 e. The van der Waals surface area contributed by atoms with Crippen LogP contribution in [0.2, 0.25) is 0 Å². The van der Waals surface area contributed by atoms with Gasteiger partial charge in [-0.05, 0) is 7.05 Å². The van der Waals surface area contributed by atoms with Crippen LogP contribution in [-0.2, 0) is 32.7 Å². The van der Waals surface area contributed by atoms with E-state index in [0.29, 0.717) is 5.96 Å². The number of nitrogens with two attached hydrogens (primary N) is 1. The van der Waals surface area contributed by atoms with Crippen molar-refractivity contribution in [2.45, 2.75) is 0 Å². The van der Waals surface area contributed by atoms with Crippen LogP contribution in [0.1, 0.15) is 0 Å². The Kier molecular flexibility index (Phi) is 9.16. The molecule has 0 amide bonds. The van der Waals surface area contributed by atoms with Crippen LogP contribution in [0.3, 0.4) is 0 Å². The van der Waals surface area contributed by atoms with Crippen LogP contribution < -0.4 is 11.1 Å².